The molecule has 1 aromatic carbocycles. The Morgan fingerprint density at radius 2 is 1.77 bits per heavy atom. The highest BCUT2D eigenvalue weighted by Crippen LogP contribution is 2.26. The Morgan fingerprint density at radius 1 is 0.962 bits per heavy atom. The van der Waals surface area contributed by atoms with Crippen LogP contribution in [0, 0.1) is 0 Å². The number of hydrogen-bond acceptors (Lipinski definition) is 6. The van der Waals surface area contributed by atoms with E-state index in [-0.39, 0.29) is 17.2 Å². The average molecular weight is 345 g/mol. The number of rotatable bonds is 3. The largest absolute Gasteiger partial charge is 0.321 e. The Morgan fingerprint density at radius 3 is 2.46 bits per heavy atom. The third kappa shape index (κ3) is 2.59. The zero-order chi connectivity index (χ0) is 18.1. The van der Waals surface area contributed by atoms with Crippen LogP contribution in [-0.2, 0) is 0 Å². The molecule has 0 atom stereocenters. The van der Waals surface area contributed by atoms with Crippen LogP contribution in [0.2, 0.25) is 0 Å². The maximum Gasteiger partial charge on any atom is 0.284 e. The summed E-state index contributed by atoms with van der Waals surface area (Å²) in [6, 6.07) is 9.58. The van der Waals surface area contributed by atoms with Crippen LogP contribution in [0.4, 0.5) is 11.4 Å². The van der Waals surface area contributed by atoms with Gasteiger partial charge in [-0.05, 0) is 36.4 Å². The van der Waals surface area contributed by atoms with Gasteiger partial charge in [-0.25, -0.2) is 14.9 Å². The minimum absolute atomic E-state index is 0.0726. The summed E-state index contributed by atoms with van der Waals surface area (Å²) in [6.45, 7) is 0. The molecule has 0 saturated carbocycles. The van der Waals surface area contributed by atoms with Crippen LogP contribution in [0.1, 0.15) is 31.2 Å². The molecule has 8 nitrogen and oxygen atoms in total. The molecule has 126 valence electrons. The molecule has 0 unspecified atom stereocenters. The number of pyridine rings is 1. The third-order valence-electron chi connectivity index (χ3n) is 3.86. The molecule has 2 aromatic heterocycles. The number of hydrogen-bond donors (Lipinski definition) is 1. The van der Waals surface area contributed by atoms with E-state index in [0.29, 0.717) is 16.9 Å². The van der Waals surface area contributed by atoms with Gasteiger partial charge in [-0.15, -0.1) is 0 Å². The molecule has 0 radical (unpaired) electrons. The van der Waals surface area contributed by atoms with Gasteiger partial charge in [0, 0.05) is 18.0 Å². The molecule has 3 heterocycles. The fraction of sp³-hybridized carbons (Fsp3) is 0. The maximum atomic E-state index is 12.4. The fourth-order valence-electron chi connectivity index (χ4n) is 2.61. The minimum atomic E-state index is -0.514. The maximum absolute atomic E-state index is 12.4. The molecule has 0 saturated heterocycles. The fourth-order valence-corrected chi connectivity index (χ4v) is 2.61. The van der Waals surface area contributed by atoms with Crippen LogP contribution >= 0.6 is 0 Å². The molecular weight excluding hydrogens is 334 g/mol. The number of carbonyl (C=O) groups is 3. The van der Waals surface area contributed by atoms with E-state index in [1.165, 1.54) is 43.0 Å². The van der Waals surface area contributed by atoms with Crippen molar-refractivity contribution in [3.8, 4) is 0 Å². The number of amides is 3. The number of benzene rings is 1. The average Bonchev–Trinajstić information content (AvgIpc) is 2.94. The topological polar surface area (TPSA) is 105 Å². The second-order valence-corrected chi connectivity index (χ2v) is 5.47. The van der Waals surface area contributed by atoms with Gasteiger partial charge in [0.1, 0.15) is 12.0 Å². The molecule has 0 aliphatic carbocycles. The molecular formula is C18H11N5O3. The van der Waals surface area contributed by atoms with Crippen molar-refractivity contribution in [3.05, 3.63) is 78.1 Å². The summed E-state index contributed by atoms with van der Waals surface area (Å²) < 4.78 is 0. The van der Waals surface area contributed by atoms with E-state index in [1.807, 2.05) is 0 Å². The van der Waals surface area contributed by atoms with Crippen LogP contribution in [-0.4, -0.2) is 32.7 Å². The summed E-state index contributed by atoms with van der Waals surface area (Å²) in [6.07, 6.45) is 5.68. The first-order valence-corrected chi connectivity index (χ1v) is 7.65. The number of fused-ring (bicyclic) bond motifs is 1. The first-order valence-electron chi connectivity index (χ1n) is 7.65. The second kappa shape index (κ2) is 6.17. The van der Waals surface area contributed by atoms with Crippen molar-refractivity contribution in [1.82, 2.24) is 15.0 Å². The quantitative estimate of drug-likeness (QED) is 0.727. The van der Waals surface area contributed by atoms with Gasteiger partial charge < -0.3 is 5.32 Å². The van der Waals surface area contributed by atoms with Crippen molar-refractivity contribution in [2.24, 2.45) is 0 Å². The predicted octanol–water partition coefficient (Wildman–Crippen LogP) is 1.92. The molecule has 1 aliphatic heterocycles. The Hall–Kier alpha value is -3.94. The highest BCUT2D eigenvalue weighted by Gasteiger charge is 2.38. The van der Waals surface area contributed by atoms with Crippen molar-refractivity contribution < 1.29 is 14.4 Å². The van der Waals surface area contributed by atoms with Crippen molar-refractivity contribution in [2.75, 3.05) is 10.2 Å². The number of nitrogens with zero attached hydrogens (tertiary/aromatic N) is 4. The van der Waals surface area contributed by atoms with E-state index in [2.05, 4.69) is 20.3 Å². The summed E-state index contributed by atoms with van der Waals surface area (Å²) in [5.74, 6) is -1.32. The smallest absolute Gasteiger partial charge is 0.284 e. The van der Waals surface area contributed by atoms with Gasteiger partial charge in [-0.1, -0.05) is 0 Å². The van der Waals surface area contributed by atoms with Crippen molar-refractivity contribution in [3.63, 3.8) is 0 Å². The van der Waals surface area contributed by atoms with Crippen LogP contribution in [0.3, 0.4) is 0 Å². The highest BCUT2D eigenvalue weighted by atomic mass is 16.2. The van der Waals surface area contributed by atoms with Crippen LogP contribution in [0.25, 0.3) is 0 Å². The van der Waals surface area contributed by atoms with E-state index in [9.17, 15) is 14.4 Å². The van der Waals surface area contributed by atoms with Gasteiger partial charge in [-0.3, -0.25) is 19.4 Å². The van der Waals surface area contributed by atoms with E-state index in [4.69, 9.17) is 0 Å². The number of anilines is 2. The van der Waals surface area contributed by atoms with Gasteiger partial charge >= 0.3 is 0 Å². The molecule has 1 N–H and O–H groups in total. The minimum Gasteiger partial charge on any atom is -0.321 e. The zero-order valence-corrected chi connectivity index (χ0v) is 13.3. The normalized spacial score (nSPS) is 12.8. The summed E-state index contributed by atoms with van der Waals surface area (Å²) in [5, 5.41) is 2.71. The third-order valence-corrected chi connectivity index (χ3v) is 3.86. The Labute approximate surface area is 147 Å². The number of nitrogens with one attached hydrogen (secondary N) is 1. The van der Waals surface area contributed by atoms with Gasteiger partial charge in [0.15, 0.2) is 0 Å². The van der Waals surface area contributed by atoms with Crippen molar-refractivity contribution in [2.45, 2.75) is 0 Å². The lowest BCUT2D eigenvalue weighted by molar-refractivity contribution is 0.0924. The van der Waals surface area contributed by atoms with Crippen molar-refractivity contribution in [1.29, 1.82) is 0 Å². The van der Waals surface area contributed by atoms with E-state index in [1.54, 1.807) is 18.3 Å². The number of carbonyl (C=O) groups excluding carboxylic acids is 3. The molecule has 0 bridgehead atoms. The zero-order valence-electron chi connectivity index (χ0n) is 13.3. The second-order valence-electron chi connectivity index (χ2n) is 5.47. The lowest BCUT2D eigenvalue weighted by atomic mass is 10.2. The Bertz CT molecular complexity index is 984. The van der Waals surface area contributed by atoms with Crippen LogP contribution in [0.15, 0.2) is 61.3 Å². The predicted molar refractivity (Wildman–Crippen MR) is 91.8 cm³/mol. The van der Waals surface area contributed by atoms with Gasteiger partial charge in [0.2, 0.25) is 0 Å². The molecule has 3 aromatic rings. The summed E-state index contributed by atoms with van der Waals surface area (Å²) >= 11 is 0. The molecule has 26 heavy (non-hydrogen) atoms. The van der Waals surface area contributed by atoms with E-state index in [0.717, 1.165) is 4.90 Å². The SMILES string of the molecule is O=C(Nc1cccnc1)c1ccc(N2C(=O)c3cncnc3C2=O)cc1. The molecule has 0 spiro atoms. The number of aromatic nitrogens is 3. The Balaban J connectivity index is 1.56. The first-order chi connectivity index (χ1) is 12.6. The molecule has 0 fully saturated rings. The standard InChI is InChI=1S/C18H11N5O3/c24-16(22-12-2-1-7-19-8-12)11-3-5-13(6-4-11)23-17(25)14-9-20-10-21-15(14)18(23)26/h1-10H,(H,22,24). The van der Waals surface area contributed by atoms with Gasteiger partial charge in [0.25, 0.3) is 17.7 Å². The van der Waals surface area contributed by atoms with Gasteiger partial charge in [-0.2, -0.15) is 0 Å². The highest BCUT2D eigenvalue weighted by molar-refractivity contribution is 6.33. The van der Waals surface area contributed by atoms with Crippen LogP contribution in [0.5, 0.6) is 0 Å². The van der Waals surface area contributed by atoms with Crippen molar-refractivity contribution >= 4 is 29.1 Å². The van der Waals surface area contributed by atoms with E-state index < -0.39 is 11.8 Å². The van der Waals surface area contributed by atoms with E-state index >= 15 is 0 Å². The number of imide groups is 1. The molecule has 4 rings (SSSR count). The molecule has 1 aliphatic rings. The molecule has 3 amide bonds. The lowest BCUT2D eigenvalue weighted by Gasteiger charge is -2.14. The van der Waals surface area contributed by atoms with Crippen LogP contribution < -0.4 is 10.2 Å². The summed E-state index contributed by atoms with van der Waals surface area (Å²) in [4.78, 5) is 49.6. The monoisotopic (exact) mass is 345 g/mol. The molecule has 8 heteroatoms. The summed E-state index contributed by atoms with van der Waals surface area (Å²) in [5.41, 5.74) is 1.55. The first kappa shape index (κ1) is 15.6. The van der Waals surface area contributed by atoms with Gasteiger partial charge in [0.05, 0.1) is 23.1 Å². The summed E-state index contributed by atoms with van der Waals surface area (Å²) in [7, 11) is 0. The Kier molecular flexibility index (Phi) is 3.70. The lowest BCUT2D eigenvalue weighted by Crippen LogP contribution is -2.29.